The van der Waals surface area contributed by atoms with E-state index in [1.54, 1.807) is 23.8 Å². The number of allylic oxidation sites excluding steroid dienone is 2. The van der Waals surface area contributed by atoms with Crippen LogP contribution in [0.15, 0.2) is 22.8 Å². The zero-order valence-electron chi connectivity index (χ0n) is 28.4. The van der Waals surface area contributed by atoms with Crippen molar-refractivity contribution in [1.82, 2.24) is 4.90 Å². The molecule has 6 rings (SSSR count). The van der Waals surface area contributed by atoms with Crippen LogP contribution in [0.2, 0.25) is 0 Å². The largest absolute Gasteiger partial charge is 0.393 e. The van der Waals surface area contributed by atoms with Gasteiger partial charge in [-0.1, -0.05) is 43.6 Å². The monoisotopic (exact) mass is 615 g/mol. The molecule has 2 saturated heterocycles. The molecule has 2 aliphatic heterocycles. The van der Waals surface area contributed by atoms with Crippen molar-refractivity contribution in [2.24, 2.45) is 35.0 Å². The van der Waals surface area contributed by atoms with Crippen molar-refractivity contribution >= 4 is 0 Å². The lowest BCUT2D eigenvalue weighted by Crippen LogP contribution is -2.52. The fraction of sp³-hybridized carbons (Fsp3) is 0.892. The third kappa shape index (κ3) is 6.50. The summed E-state index contributed by atoms with van der Waals surface area (Å²) in [5.41, 5.74) is 5.24. The first kappa shape index (κ1) is 33.1. The number of rotatable bonds is 12. The Morgan fingerprint density at radius 3 is 2.45 bits per heavy atom. The molecule has 0 aromatic carbocycles. The van der Waals surface area contributed by atoms with Crippen LogP contribution in [0.3, 0.4) is 0 Å². The van der Waals surface area contributed by atoms with E-state index >= 15 is 0 Å². The highest BCUT2D eigenvalue weighted by molar-refractivity contribution is 5.34. The Balaban J connectivity index is 1.05. The van der Waals surface area contributed by atoms with Gasteiger partial charge in [0.1, 0.15) is 0 Å². The molecule has 0 aromatic rings. The van der Waals surface area contributed by atoms with E-state index in [2.05, 4.69) is 38.7 Å². The second-order valence-corrected chi connectivity index (χ2v) is 15.5. The Hall–Kier alpha value is -0.800. The van der Waals surface area contributed by atoms with Crippen LogP contribution in [-0.2, 0) is 23.7 Å². The van der Waals surface area contributed by atoms with Gasteiger partial charge >= 0.3 is 0 Å². The summed E-state index contributed by atoms with van der Waals surface area (Å²) in [7, 11) is 1.68. The van der Waals surface area contributed by atoms with Crippen molar-refractivity contribution in [2.45, 2.75) is 109 Å². The predicted octanol–water partition coefficient (Wildman–Crippen LogP) is 5.80. The molecule has 250 valence electrons. The first-order valence-corrected chi connectivity index (χ1v) is 18.0. The van der Waals surface area contributed by atoms with Gasteiger partial charge in [-0.3, -0.25) is 4.90 Å². The maximum absolute atomic E-state index is 10.4. The van der Waals surface area contributed by atoms with Gasteiger partial charge in [0.15, 0.2) is 0 Å². The van der Waals surface area contributed by atoms with E-state index in [4.69, 9.17) is 23.7 Å². The summed E-state index contributed by atoms with van der Waals surface area (Å²) < 4.78 is 29.4. The van der Waals surface area contributed by atoms with Crippen LogP contribution in [0.5, 0.6) is 0 Å². The number of hydrogen-bond acceptors (Lipinski definition) is 7. The van der Waals surface area contributed by atoms with Crippen molar-refractivity contribution in [2.75, 3.05) is 66.4 Å². The first-order chi connectivity index (χ1) is 21.3. The van der Waals surface area contributed by atoms with Crippen LogP contribution in [-0.4, -0.2) is 100 Å². The molecule has 1 unspecified atom stereocenters. The number of hydrogen-bond donors (Lipinski definition) is 1. The van der Waals surface area contributed by atoms with Crippen LogP contribution >= 0.6 is 0 Å². The molecule has 0 bridgehead atoms. The number of ether oxygens (including phenoxy) is 5. The fourth-order valence-corrected chi connectivity index (χ4v) is 10.7. The van der Waals surface area contributed by atoms with E-state index in [0.29, 0.717) is 69.5 Å². The molecule has 4 aliphatic carbocycles. The minimum Gasteiger partial charge on any atom is -0.393 e. The van der Waals surface area contributed by atoms with Crippen molar-refractivity contribution in [3.63, 3.8) is 0 Å². The molecule has 10 atom stereocenters. The van der Waals surface area contributed by atoms with E-state index in [-0.39, 0.29) is 17.1 Å². The molecule has 6 aliphatic rings. The van der Waals surface area contributed by atoms with Crippen LogP contribution < -0.4 is 0 Å². The molecule has 1 spiro atoms. The highest BCUT2D eigenvalue weighted by Gasteiger charge is 2.59. The number of likely N-dealkylation sites (tertiary alicyclic amines) is 1. The maximum atomic E-state index is 10.4. The Morgan fingerprint density at radius 2 is 1.70 bits per heavy atom. The van der Waals surface area contributed by atoms with Crippen molar-refractivity contribution in [1.29, 1.82) is 0 Å². The standard InChI is InChI=1S/C37H61NO6/c1-25-20-34-35(38(24-25)12-13-41-16-17-43-19-18-42-15-14-40-5)27(3)37(44-34)11-9-30-31-7-6-28-21-29(39)8-10-36(28,4)33(31)22-32(30)26(2)23-37/h6,25,27,29-31,33-35,39H,7-24H2,1-5H3/t25-,27+,29-,30-,31-,33-,34+,35-,36?,37-/m0/s1. The summed E-state index contributed by atoms with van der Waals surface area (Å²) >= 11 is 0. The Morgan fingerprint density at radius 1 is 0.977 bits per heavy atom. The maximum Gasteiger partial charge on any atom is 0.0765 e. The highest BCUT2D eigenvalue weighted by Crippen LogP contribution is 2.63. The quantitative estimate of drug-likeness (QED) is 0.220. The zero-order chi connectivity index (χ0) is 30.9. The number of fused-ring (bicyclic) bond motifs is 6. The number of piperidine rings is 1. The van der Waals surface area contributed by atoms with Gasteiger partial charge in [0, 0.05) is 32.2 Å². The Bertz CT molecular complexity index is 1050. The highest BCUT2D eigenvalue weighted by atomic mass is 16.6. The molecule has 0 amide bonds. The average Bonchev–Trinajstić information content (AvgIpc) is 3.46. The van der Waals surface area contributed by atoms with Gasteiger partial charge < -0.3 is 28.8 Å². The lowest BCUT2D eigenvalue weighted by atomic mass is 9.56. The summed E-state index contributed by atoms with van der Waals surface area (Å²) in [6.07, 6.45) is 13.0. The molecular weight excluding hydrogens is 554 g/mol. The smallest absolute Gasteiger partial charge is 0.0765 e. The van der Waals surface area contributed by atoms with Gasteiger partial charge in [0.25, 0.3) is 0 Å². The van der Waals surface area contributed by atoms with E-state index in [1.165, 1.54) is 32.1 Å². The molecule has 44 heavy (non-hydrogen) atoms. The zero-order valence-corrected chi connectivity index (χ0v) is 28.4. The van der Waals surface area contributed by atoms with Gasteiger partial charge in [-0.2, -0.15) is 0 Å². The second-order valence-electron chi connectivity index (χ2n) is 15.5. The van der Waals surface area contributed by atoms with Crippen LogP contribution in [0.25, 0.3) is 0 Å². The minimum absolute atomic E-state index is 0.0386. The third-order valence-corrected chi connectivity index (χ3v) is 13.0. The summed E-state index contributed by atoms with van der Waals surface area (Å²) in [5.74, 6) is 3.38. The molecule has 2 saturated carbocycles. The third-order valence-electron chi connectivity index (χ3n) is 13.0. The molecule has 0 aromatic heterocycles. The van der Waals surface area contributed by atoms with Crippen LogP contribution in [0.4, 0.5) is 0 Å². The lowest BCUT2D eigenvalue weighted by Gasteiger charge is -2.49. The summed E-state index contributed by atoms with van der Waals surface area (Å²) in [5, 5.41) is 10.4. The van der Waals surface area contributed by atoms with Gasteiger partial charge in [0.2, 0.25) is 0 Å². The van der Waals surface area contributed by atoms with Crippen LogP contribution in [0, 0.1) is 35.0 Å². The molecule has 4 fully saturated rings. The molecule has 0 radical (unpaired) electrons. The fourth-order valence-electron chi connectivity index (χ4n) is 10.7. The van der Waals surface area contributed by atoms with E-state index in [0.717, 1.165) is 57.2 Å². The van der Waals surface area contributed by atoms with Crippen molar-refractivity contribution in [3.8, 4) is 0 Å². The SMILES string of the molecule is COCCOCCOCCOCCN1C[C@@H](C)C[C@H]2O[C@]3(CC[C@@H]4C(=C(C)C3)C[C@H]3[C@H]4CC=C4C[C@@H](O)CCC43C)[C@H](C)[C@@H]21. The number of methoxy groups -OCH3 is 1. The molecule has 1 N–H and O–H groups in total. The normalized spacial score (nSPS) is 42.1. The van der Waals surface area contributed by atoms with Crippen molar-refractivity contribution in [3.05, 3.63) is 22.8 Å². The lowest BCUT2D eigenvalue weighted by molar-refractivity contribution is -0.0806. The predicted molar refractivity (Wildman–Crippen MR) is 173 cm³/mol. The van der Waals surface area contributed by atoms with Gasteiger partial charge in [-0.25, -0.2) is 0 Å². The Labute approximate surface area is 267 Å². The Kier molecular flexibility index (Phi) is 10.6. The van der Waals surface area contributed by atoms with Crippen LogP contribution in [0.1, 0.15) is 85.5 Å². The molecular formula is C37H61NO6. The van der Waals surface area contributed by atoms with E-state index < -0.39 is 0 Å². The van der Waals surface area contributed by atoms with E-state index in [9.17, 15) is 5.11 Å². The van der Waals surface area contributed by atoms with Crippen molar-refractivity contribution < 1.29 is 28.8 Å². The van der Waals surface area contributed by atoms with Gasteiger partial charge in [-0.15, -0.1) is 0 Å². The number of nitrogens with zero attached hydrogens (tertiary/aromatic N) is 1. The molecule has 7 heteroatoms. The minimum atomic E-state index is -0.132. The second kappa shape index (κ2) is 14.1. The number of aliphatic hydroxyl groups excluding tert-OH is 1. The van der Waals surface area contributed by atoms with Gasteiger partial charge in [0.05, 0.1) is 64.1 Å². The van der Waals surface area contributed by atoms with Gasteiger partial charge in [-0.05, 0) is 93.8 Å². The molecule has 2 heterocycles. The summed E-state index contributed by atoms with van der Waals surface area (Å²) in [4.78, 5) is 2.71. The first-order valence-electron chi connectivity index (χ1n) is 18.0. The molecule has 7 nitrogen and oxygen atoms in total. The summed E-state index contributed by atoms with van der Waals surface area (Å²) in [6.45, 7) is 16.4. The average molecular weight is 616 g/mol. The number of aliphatic hydroxyl groups is 1. The summed E-state index contributed by atoms with van der Waals surface area (Å²) in [6, 6.07) is 0.478. The van der Waals surface area contributed by atoms with E-state index in [1.807, 2.05) is 0 Å². The topological polar surface area (TPSA) is 69.6 Å².